The fourth-order valence-electron chi connectivity index (χ4n) is 2.59. The fourth-order valence-corrected chi connectivity index (χ4v) is 2.59. The molecule has 2 rings (SSSR count). The summed E-state index contributed by atoms with van der Waals surface area (Å²) in [6.45, 7) is 2.14. The van der Waals surface area contributed by atoms with Gasteiger partial charge in [0.15, 0.2) is 11.6 Å². The number of hydrogen-bond acceptors (Lipinski definition) is 2. The average Bonchev–Trinajstić information content (AvgIpc) is 2.44. The topological polar surface area (TPSA) is 52.6 Å². The van der Waals surface area contributed by atoms with Crippen molar-refractivity contribution in [1.29, 1.82) is 0 Å². The summed E-state index contributed by atoms with van der Waals surface area (Å²) >= 11 is 0. The predicted octanol–water partition coefficient (Wildman–Crippen LogP) is 2.73. The van der Waals surface area contributed by atoms with Gasteiger partial charge in [0, 0.05) is 18.7 Å². The summed E-state index contributed by atoms with van der Waals surface area (Å²) in [6.07, 6.45) is 1.65. The third-order valence-electron chi connectivity index (χ3n) is 3.82. The minimum atomic E-state index is -1.31. The number of hydrogen-bond donors (Lipinski definition) is 2. The summed E-state index contributed by atoms with van der Waals surface area (Å²) in [5.74, 6) is -3.49. The maximum absolute atomic E-state index is 13.5. The number of benzene rings is 1. The number of amides is 2. The zero-order valence-electron chi connectivity index (χ0n) is 11.6. The molecule has 1 aliphatic heterocycles. The van der Waals surface area contributed by atoms with Crippen LogP contribution in [0, 0.1) is 23.4 Å². The molecule has 0 bridgehead atoms. The normalized spacial score (nSPS) is 22.2. The van der Waals surface area contributed by atoms with E-state index in [2.05, 4.69) is 5.32 Å². The fraction of sp³-hybridized carbons (Fsp3) is 0.500. The summed E-state index contributed by atoms with van der Waals surface area (Å²) in [7, 11) is 0. The molecule has 0 aliphatic carbocycles. The maximum atomic E-state index is 13.5. The minimum Gasteiger partial charge on any atom is -0.394 e. The van der Waals surface area contributed by atoms with Crippen LogP contribution in [-0.4, -0.2) is 35.2 Å². The molecule has 0 spiro atoms. The van der Waals surface area contributed by atoms with Crippen LogP contribution in [0.2, 0.25) is 0 Å². The molecule has 4 nitrogen and oxygen atoms in total. The molecule has 1 aliphatic rings. The van der Waals surface area contributed by atoms with Crippen molar-refractivity contribution >= 4 is 11.7 Å². The third-order valence-corrected chi connectivity index (χ3v) is 3.82. The smallest absolute Gasteiger partial charge is 0.322 e. The highest BCUT2D eigenvalue weighted by atomic mass is 19.2. The van der Waals surface area contributed by atoms with Crippen LogP contribution in [0.5, 0.6) is 0 Å². The van der Waals surface area contributed by atoms with E-state index in [1.807, 2.05) is 6.92 Å². The predicted molar refractivity (Wildman–Crippen MR) is 71.3 cm³/mol. The van der Waals surface area contributed by atoms with Gasteiger partial charge in [0.1, 0.15) is 5.82 Å². The summed E-state index contributed by atoms with van der Waals surface area (Å²) in [5.41, 5.74) is -0.422. The van der Waals surface area contributed by atoms with Gasteiger partial charge in [-0.15, -0.1) is 0 Å². The lowest BCUT2D eigenvalue weighted by Gasteiger charge is -2.38. The van der Waals surface area contributed by atoms with Gasteiger partial charge in [-0.1, -0.05) is 6.92 Å². The van der Waals surface area contributed by atoms with Gasteiger partial charge in [0.25, 0.3) is 0 Å². The number of nitrogens with zero attached hydrogens (tertiary/aromatic N) is 1. The highest BCUT2D eigenvalue weighted by Crippen LogP contribution is 2.25. The molecule has 116 valence electrons. The Morgan fingerprint density at radius 1 is 1.33 bits per heavy atom. The zero-order chi connectivity index (χ0) is 15.6. The molecule has 2 N–H and O–H groups in total. The zero-order valence-corrected chi connectivity index (χ0v) is 11.6. The van der Waals surface area contributed by atoms with Gasteiger partial charge in [-0.3, -0.25) is 0 Å². The highest BCUT2D eigenvalue weighted by molar-refractivity contribution is 5.89. The molecule has 0 saturated carbocycles. The summed E-state index contributed by atoms with van der Waals surface area (Å²) < 4.78 is 39.5. The van der Waals surface area contributed by atoms with Crippen molar-refractivity contribution in [3.8, 4) is 0 Å². The first kappa shape index (κ1) is 15.6. The number of carbonyl (C=O) groups excluding carboxylic acids is 1. The molecule has 1 heterocycles. The van der Waals surface area contributed by atoms with Crippen molar-refractivity contribution in [3.63, 3.8) is 0 Å². The number of aliphatic hydroxyl groups is 1. The van der Waals surface area contributed by atoms with Crippen molar-refractivity contribution in [2.24, 2.45) is 5.92 Å². The van der Waals surface area contributed by atoms with Crippen molar-refractivity contribution in [2.75, 3.05) is 18.5 Å². The van der Waals surface area contributed by atoms with E-state index in [-0.39, 0.29) is 18.6 Å². The molecule has 1 aromatic rings. The van der Waals surface area contributed by atoms with Crippen molar-refractivity contribution < 1.29 is 23.1 Å². The Bertz CT molecular complexity index is 539. The lowest BCUT2D eigenvalue weighted by atomic mass is 9.91. The second-order valence-electron chi connectivity index (χ2n) is 5.24. The van der Waals surface area contributed by atoms with Gasteiger partial charge < -0.3 is 15.3 Å². The average molecular weight is 302 g/mol. The van der Waals surface area contributed by atoms with E-state index in [4.69, 9.17) is 0 Å². The standard InChI is InChI=1S/C14H17F3N2O2/c1-8-3-2-4-19(13(8)7-20)14(21)18-12-6-10(16)9(15)5-11(12)17/h5-6,8,13,20H,2-4,7H2,1H3,(H,18,21). The summed E-state index contributed by atoms with van der Waals surface area (Å²) in [6, 6.07) is -0.0189. The van der Waals surface area contributed by atoms with Crippen molar-refractivity contribution in [2.45, 2.75) is 25.8 Å². The summed E-state index contributed by atoms with van der Waals surface area (Å²) in [4.78, 5) is 13.5. The number of nitrogens with one attached hydrogen (secondary N) is 1. The lowest BCUT2D eigenvalue weighted by molar-refractivity contribution is 0.0811. The second-order valence-corrected chi connectivity index (χ2v) is 5.24. The molecule has 2 atom stereocenters. The number of urea groups is 1. The first-order chi connectivity index (χ1) is 9.93. The van der Waals surface area contributed by atoms with E-state index in [1.54, 1.807) is 0 Å². The lowest BCUT2D eigenvalue weighted by Crippen LogP contribution is -2.51. The molecule has 0 radical (unpaired) electrons. The van der Waals surface area contributed by atoms with Crippen LogP contribution < -0.4 is 5.32 Å². The third kappa shape index (κ3) is 3.29. The quantitative estimate of drug-likeness (QED) is 0.825. The molecule has 1 fully saturated rings. The van der Waals surface area contributed by atoms with E-state index in [0.717, 1.165) is 12.8 Å². The first-order valence-electron chi connectivity index (χ1n) is 6.77. The van der Waals surface area contributed by atoms with Crippen LogP contribution in [0.25, 0.3) is 0 Å². The highest BCUT2D eigenvalue weighted by Gasteiger charge is 2.31. The second kappa shape index (κ2) is 6.34. The van der Waals surface area contributed by atoms with E-state index >= 15 is 0 Å². The Labute approximate surface area is 120 Å². The molecule has 0 aromatic heterocycles. The monoisotopic (exact) mass is 302 g/mol. The van der Waals surface area contributed by atoms with E-state index in [1.165, 1.54) is 4.90 Å². The van der Waals surface area contributed by atoms with E-state index in [0.29, 0.717) is 18.7 Å². The molecular formula is C14H17F3N2O2. The van der Waals surface area contributed by atoms with Gasteiger partial charge in [-0.25, -0.2) is 18.0 Å². The summed E-state index contributed by atoms with van der Waals surface area (Å²) in [5, 5.41) is 11.6. The molecule has 1 aromatic carbocycles. The molecule has 2 unspecified atom stereocenters. The van der Waals surface area contributed by atoms with Crippen LogP contribution in [0.4, 0.5) is 23.7 Å². The largest absolute Gasteiger partial charge is 0.394 e. The van der Waals surface area contributed by atoms with Crippen LogP contribution >= 0.6 is 0 Å². The molecule has 7 heteroatoms. The van der Waals surface area contributed by atoms with Gasteiger partial charge in [-0.2, -0.15) is 0 Å². The Balaban J connectivity index is 2.15. The number of carbonyl (C=O) groups is 1. The number of likely N-dealkylation sites (tertiary alicyclic amines) is 1. The maximum Gasteiger partial charge on any atom is 0.322 e. The minimum absolute atomic E-state index is 0.115. The van der Waals surface area contributed by atoms with Crippen LogP contribution in [0.15, 0.2) is 12.1 Å². The van der Waals surface area contributed by atoms with E-state index < -0.39 is 29.2 Å². The number of anilines is 1. The Hall–Kier alpha value is -1.76. The van der Waals surface area contributed by atoms with Crippen LogP contribution in [-0.2, 0) is 0 Å². The van der Waals surface area contributed by atoms with Crippen molar-refractivity contribution in [3.05, 3.63) is 29.6 Å². The Morgan fingerprint density at radius 3 is 2.67 bits per heavy atom. The Kier molecular flexibility index (Phi) is 4.72. The Morgan fingerprint density at radius 2 is 2.00 bits per heavy atom. The number of piperidine rings is 1. The SMILES string of the molecule is CC1CCCN(C(=O)Nc2cc(F)c(F)cc2F)C1CO. The van der Waals surface area contributed by atoms with Gasteiger partial charge in [0.2, 0.25) is 0 Å². The molecular weight excluding hydrogens is 285 g/mol. The number of aliphatic hydroxyl groups excluding tert-OH is 1. The van der Waals surface area contributed by atoms with Gasteiger partial charge >= 0.3 is 6.03 Å². The van der Waals surface area contributed by atoms with Crippen molar-refractivity contribution in [1.82, 2.24) is 4.90 Å². The molecule has 21 heavy (non-hydrogen) atoms. The molecule has 1 saturated heterocycles. The van der Waals surface area contributed by atoms with Gasteiger partial charge in [0.05, 0.1) is 18.3 Å². The number of rotatable bonds is 2. The van der Waals surface area contributed by atoms with Crippen LogP contribution in [0.1, 0.15) is 19.8 Å². The van der Waals surface area contributed by atoms with E-state index in [9.17, 15) is 23.1 Å². The first-order valence-corrected chi connectivity index (χ1v) is 6.77. The molecule has 2 amide bonds. The van der Waals surface area contributed by atoms with Gasteiger partial charge in [-0.05, 0) is 18.8 Å². The number of halogens is 3. The van der Waals surface area contributed by atoms with Crippen LogP contribution in [0.3, 0.4) is 0 Å².